The van der Waals surface area contributed by atoms with Crippen molar-refractivity contribution in [1.29, 1.82) is 0 Å². The first-order valence-electron chi connectivity index (χ1n) is 6.06. The lowest BCUT2D eigenvalue weighted by Crippen LogP contribution is -2.19. The summed E-state index contributed by atoms with van der Waals surface area (Å²) in [5, 5.41) is 14.2. The molecular weight excluding hydrogens is 311 g/mol. The molecule has 0 spiro atoms. The third-order valence-electron chi connectivity index (χ3n) is 2.77. The van der Waals surface area contributed by atoms with Crippen LogP contribution in [0.1, 0.15) is 22.8 Å². The summed E-state index contributed by atoms with van der Waals surface area (Å²) in [5.41, 5.74) is 4.08. The number of halogens is 2. The molecule has 0 saturated heterocycles. The van der Waals surface area contributed by atoms with Crippen molar-refractivity contribution in [2.24, 2.45) is 5.10 Å². The first kappa shape index (κ1) is 15.4. The van der Waals surface area contributed by atoms with Gasteiger partial charge >= 0.3 is 0 Å². The molecule has 0 aliphatic heterocycles. The van der Waals surface area contributed by atoms with Crippen LogP contribution < -0.4 is 5.43 Å². The van der Waals surface area contributed by atoms with Crippen LogP contribution in [0.4, 0.5) is 0 Å². The lowest BCUT2D eigenvalue weighted by molar-refractivity contribution is 0.0954. The van der Waals surface area contributed by atoms with E-state index in [2.05, 4.69) is 10.5 Å². The van der Waals surface area contributed by atoms with Crippen molar-refractivity contribution in [3.8, 4) is 5.75 Å². The molecule has 0 aromatic heterocycles. The van der Waals surface area contributed by atoms with Crippen LogP contribution in [-0.4, -0.2) is 16.7 Å². The highest BCUT2D eigenvalue weighted by atomic mass is 35.5. The molecule has 4 nitrogen and oxygen atoms in total. The van der Waals surface area contributed by atoms with E-state index in [1.807, 2.05) is 0 Å². The topological polar surface area (TPSA) is 61.7 Å². The van der Waals surface area contributed by atoms with Crippen molar-refractivity contribution in [3.05, 3.63) is 63.6 Å². The van der Waals surface area contributed by atoms with Gasteiger partial charge in [0.1, 0.15) is 5.75 Å². The van der Waals surface area contributed by atoms with Crippen LogP contribution in [0.15, 0.2) is 47.6 Å². The molecule has 2 rings (SSSR count). The van der Waals surface area contributed by atoms with Gasteiger partial charge in [-0.1, -0.05) is 35.3 Å². The molecule has 0 saturated carbocycles. The van der Waals surface area contributed by atoms with Crippen LogP contribution in [0.5, 0.6) is 5.75 Å². The summed E-state index contributed by atoms with van der Waals surface area (Å²) < 4.78 is 0. The predicted molar refractivity (Wildman–Crippen MR) is 84.2 cm³/mol. The van der Waals surface area contributed by atoms with Gasteiger partial charge in [0, 0.05) is 5.56 Å². The third kappa shape index (κ3) is 3.97. The minimum absolute atomic E-state index is 0.0211. The lowest BCUT2D eigenvalue weighted by atomic mass is 10.1. The molecular formula is C15H12Cl2N2O2. The number of carbonyl (C=O) groups is 1. The van der Waals surface area contributed by atoms with Gasteiger partial charge < -0.3 is 5.11 Å². The van der Waals surface area contributed by atoms with E-state index < -0.39 is 5.91 Å². The van der Waals surface area contributed by atoms with Crippen molar-refractivity contribution in [2.45, 2.75) is 6.92 Å². The Balaban J connectivity index is 2.13. The van der Waals surface area contributed by atoms with Gasteiger partial charge in [-0.05, 0) is 42.8 Å². The Bertz CT molecular complexity index is 715. The number of rotatable bonds is 3. The van der Waals surface area contributed by atoms with Gasteiger partial charge in [0.15, 0.2) is 0 Å². The Labute approximate surface area is 132 Å². The average molecular weight is 323 g/mol. The summed E-state index contributed by atoms with van der Waals surface area (Å²) in [7, 11) is 0. The van der Waals surface area contributed by atoms with Gasteiger partial charge in [0.05, 0.1) is 15.8 Å². The summed E-state index contributed by atoms with van der Waals surface area (Å²) >= 11 is 11.8. The zero-order valence-corrected chi connectivity index (χ0v) is 12.6. The Morgan fingerprint density at radius 1 is 1.10 bits per heavy atom. The Hall–Kier alpha value is -2.04. The minimum atomic E-state index is -0.412. The van der Waals surface area contributed by atoms with Crippen molar-refractivity contribution in [3.63, 3.8) is 0 Å². The number of nitrogens with one attached hydrogen (secondary N) is 1. The van der Waals surface area contributed by atoms with Crippen LogP contribution in [0.3, 0.4) is 0 Å². The molecule has 2 N–H and O–H groups in total. The van der Waals surface area contributed by atoms with E-state index in [0.29, 0.717) is 21.3 Å². The van der Waals surface area contributed by atoms with Crippen molar-refractivity contribution in [2.75, 3.05) is 0 Å². The zero-order valence-electron chi connectivity index (χ0n) is 11.1. The normalized spacial score (nSPS) is 11.3. The van der Waals surface area contributed by atoms with Gasteiger partial charge in [-0.15, -0.1) is 0 Å². The highest BCUT2D eigenvalue weighted by molar-refractivity contribution is 6.42. The number of hydrazone groups is 1. The summed E-state index contributed by atoms with van der Waals surface area (Å²) in [5.74, 6) is -0.391. The van der Waals surface area contributed by atoms with Crippen molar-refractivity contribution in [1.82, 2.24) is 5.43 Å². The van der Waals surface area contributed by atoms with Crippen LogP contribution in [0.25, 0.3) is 0 Å². The number of amides is 1. The molecule has 0 aliphatic rings. The van der Waals surface area contributed by atoms with Crippen molar-refractivity contribution < 1.29 is 9.90 Å². The molecule has 0 aliphatic carbocycles. The number of phenols is 1. The largest absolute Gasteiger partial charge is 0.508 e. The van der Waals surface area contributed by atoms with Crippen LogP contribution in [0.2, 0.25) is 10.0 Å². The minimum Gasteiger partial charge on any atom is -0.508 e. The Morgan fingerprint density at radius 3 is 2.52 bits per heavy atom. The fraction of sp³-hybridized carbons (Fsp3) is 0.0667. The van der Waals surface area contributed by atoms with Gasteiger partial charge in [-0.25, -0.2) is 5.43 Å². The number of nitrogens with zero attached hydrogens (tertiary/aromatic N) is 1. The molecule has 0 atom stereocenters. The van der Waals surface area contributed by atoms with E-state index in [4.69, 9.17) is 23.2 Å². The quantitative estimate of drug-likeness (QED) is 0.666. The van der Waals surface area contributed by atoms with Gasteiger partial charge in [0.2, 0.25) is 0 Å². The second kappa shape index (κ2) is 6.61. The predicted octanol–water partition coefficient (Wildman–Crippen LogP) is 3.85. The van der Waals surface area contributed by atoms with Gasteiger partial charge in [0.25, 0.3) is 5.91 Å². The monoisotopic (exact) mass is 322 g/mol. The molecule has 6 heteroatoms. The van der Waals surface area contributed by atoms with Crippen molar-refractivity contribution >= 4 is 34.8 Å². The number of phenolic OH excluding ortho intramolecular Hbond substituents is 1. The second-order valence-electron chi connectivity index (χ2n) is 4.32. The average Bonchev–Trinajstić information content (AvgIpc) is 2.47. The molecule has 108 valence electrons. The molecule has 0 heterocycles. The first-order chi connectivity index (χ1) is 9.97. The van der Waals surface area contributed by atoms with E-state index in [-0.39, 0.29) is 5.75 Å². The summed E-state index contributed by atoms with van der Waals surface area (Å²) in [6.45, 7) is 1.74. The van der Waals surface area contributed by atoms with Crippen LogP contribution >= 0.6 is 23.2 Å². The summed E-state index contributed by atoms with van der Waals surface area (Å²) in [6.07, 6.45) is 0. The Kier molecular flexibility index (Phi) is 4.83. The third-order valence-corrected chi connectivity index (χ3v) is 3.51. The Morgan fingerprint density at radius 2 is 1.86 bits per heavy atom. The number of benzene rings is 2. The number of hydrogen-bond donors (Lipinski definition) is 2. The summed E-state index contributed by atoms with van der Waals surface area (Å²) in [6, 6.07) is 11.1. The first-order valence-corrected chi connectivity index (χ1v) is 6.82. The summed E-state index contributed by atoms with van der Waals surface area (Å²) in [4.78, 5) is 11.9. The van der Waals surface area contributed by atoms with Gasteiger partial charge in [-0.2, -0.15) is 5.10 Å². The lowest BCUT2D eigenvalue weighted by Gasteiger charge is -2.04. The number of hydrogen-bond acceptors (Lipinski definition) is 3. The standard InChI is InChI=1S/C15H12Cl2N2O2/c1-9(10-5-6-13(16)14(17)8-10)18-19-15(21)11-3-2-4-12(20)7-11/h2-8,20H,1H3,(H,19,21)/b18-9-. The maximum atomic E-state index is 11.9. The second-order valence-corrected chi connectivity index (χ2v) is 5.13. The molecule has 0 radical (unpaired) electrons. The fourth-order valence-corrected chi connectivity index (χ4v) is 1.93. The molecule has 0 unspecified atom stereocenters. The van der Waals surface area contributed by atoms with E-state index in [1.54, 1.807) is 37.3 Å². The molecule has 0 fully saturated rings. The SMILES string of the molecule is C/C(=N/NC(=O)c1cccc(O)c1)c1ccc(Cl)c(Cl)c1. The van der Waals surface area contributed by atoms with E-state index >= 15 is 0 Å². The smallest absolute Gasteiger partial charge is 0.271 e. The molecule has 21 heavy (non-hydrogen) atoms. The highest BCUT2D eigenvalue weighted by Gasteiger charge is 2.06. The zero-order chi connectivity index (χ0) is 15.4. The maximum absolute atomic E-state index is 11.9. The van der Waals surface area contributed by atoms with Crippen LogP contribution in [0, 0.1) is 0 Å². The maximum Gasteiger partial charge on any atom is 0.271 e. The molecule has 0 bridgehead atoms. The van der Waals surface area contributed by atoms with Gasteiger partial charge in [-0.3, -0.25) is 4.79 Å². The van der Waals surface area contributed by atoms with E-state index in [1.165, 1.54) is 12.1 Å². The molecule has 2 aromatic rings. The van der Waals surface area contributed by atoms with E-state index in [0.717, 1.165) is 5.56 Å². The molecule has 2 aromatic carbocycles. The molecule has 1 amide bonds. The van der Waals surface area contributed by atoms with E-state index in [9.17, 15) is 9.90 Å². The number of aromatic hydroxyl groups is 1. The van der Waals surface area contributed by atoms with Crippen LogP contribution in [-0.2, 0) is 0 Å². The number of carbonyl (C=O) groups excluding carboxylic acids is 1. The highest BCUT2D eigenvalue weighted by Crippen LogP contribution is 2.22. The fourth-order valence-electron chi connectivity index (χ4n) is 1.63.